The largest absolute Gasteiger partial charge is 0.493 e. The number of anilines is 1. The van der Waals surface area contributed by atoms with E-state index in [4.69, 9.17) is 9.72 Å². The molecule has 0 spiro atoms. The van der Waals surface area contributed by atoms with Gasteiger partial charge in [0, 0.05) is 31.1 Å². The predicted molar refractivity (Wildman–Crippen MR) is 149 cm³/mol. The fourth-order valence-electron chi connectivity index (χ4n) is 5.09. The minimum absolute atomic E-state index is 0. The highest BCUT2D eigenvalue weighted by Crippen LogP contribution is 2.35. The van der Waals surface area contributed by atoms with E-state index >= 15 is 0 Å². The summed E-state index contributed by atoms with van der Waals surface area (Å²) in [6.07, 6.45) is 2.26. The van der Waals surface area contributed by atoms with Crippen LogP contribution in [0.2, 0.25) is 0 Å². The van der Waals surface area contributed by atoms with E-state index in [0.29, 0.717) is 19.6 Å². The maximum atomic E-state index is 13.1. The van der Waals surface area contributed by atoms with E-state index in [1.165, 1.54) is 11.1 Å². The van der Waals surface area contributed by atoms with E-state index in [0.717, 1.165) is 53.2 Å². The molecule has 0 bridgehead atoms. The third-order valence-corrected chi connectivity index (χ3v) is 6.96. The Hall–Kier alpha value is -3.31. The molecule has 1 aliphatic heterocycles. The molecule has 1 atom stereocenters. The quantitative estimate of drug-likeness (QED) is 0.254. The predicted octanol–water partition coefficient (Wildman–Crippen LogP) is 6.63. The van der Waals surface area contributed by atoms with Crippen LogP contribution in [-0.4, -0.2) is 28.6 Å². The molecule has 1 saturated heterocycles. The fourth-order valence-corrected chi connectivity index (χ4v) is 5.09. The number of para-hydroxylation sites is 3. The van der Waals surface area contributed by atoms with Gasteiger partial charge in [-0.2, -0.15) is 0 Å². The summed E-state index contributed by atoms with van der Waals surface area (Å²) >= 11 is 0. The van der Waals surface area contributed by atoms with E-state index in [-0.39, 0.29) is 24.2 Å². The molecule has 1 aromatic heterocycles. The van der Waals surface area contributed by atoms with Crippen LogP contribution >= 0.6 is 12.4 Å². The maximum absolute atomic E-state index is 13.1. The van der Waals surface area contributed by atoms with Gasteiger partial charge in [-0.25, -0.2) is 4.98 Å². The number of nitrogens with zero attached hydrogens (tertiary/aromatic N) is 3. The van der Waals surface area contributed by atoms with Crippen molar-refractivity contribution in [2.75, 3.05) is 18.1 Å². The Kier molecular flexibility index (Phi) is 8.00. The molecule has 1 unspecified atom stereocenters. The van der Waals surface area contributed by atoms with Crippen molar-refractivity contribution in [3.05, 3.63) is 89.2 Å². The second kappa shape index (κ2) is 11.2. The molecule has 1 aliphatic rings. The van der Waals surface area contributed by atoms with Gasteiger partial charge in [0.25, 0.3) is 0 Å². The number of fused-ring (bicyclic) bond motifs is 1. The summed E-state index contributed by atoms with van der Waals surface area (Å²) in [6, 6.07) is 22.8. The lowest BCUT2D eigenvalue weighted by molar-refractivity contribution is -0.117. The van der Waals surface area contributed by atoms with E-state index in [1.54, 1.807) is 0 Å². The number of ether oxygens (including phenoxy) is 1. The molecule has 3 aromatic carbocycles. The van der Waals surface area contributed by atoms with Gasteiger partial charge in [-0.1, -0.05) is 49.4 Å². The molecule has 0 aliphatic carbocycles. The molecule has 5 nitrogen and oxygen atoms in total. The number of carbonyl (C=O) groups is 1. The van der Waals surface area contributed by atoms with E-state index in [2.05, 4.69) is 73.9 Å². The second-order valence-corrected chi connectivity index (χ2v) is 9.47. The molecule has 6 heteroatoms. The van der Waals surface area contributed by atoms with E-state index in [1.807, 2.05) is 23.1 Å². The van der Waals surface area contributed by atoms with Crippen LogP contribution in [0, 0.1) is 13.8 Å². The van der Waals surface area contributed by atoms with Crippen LogP contribution in [-0.2, 0) is 17.8 Å². The Morgan fingerprint density at radius 3 is 2.64 bits per heavy atom. The summed E-state index contributed by atoms with van der Waals surface area (Å²) in [6.45, 7) is 8.40. The molecular formula is C30H34ClN3O2. The number of hydrogen-bond donors (Lipinski definition) is 0. The number of halogens is 1. The Morgan fingerprint density at radius 2 is 1.81 bits per heavy atom. The molecule has 0 N–H and O–H groups in total. The van der Waals surface area contributed by atoms with Crippen molar-refractivity contribution in [2.24, 2.45) is 0 Å². The first kappa shape index (κ1) is 25.8. The van der Waals surface area contributed by atoms with Gasteiger partial charge in [-0.05, 0) is 67.6 Å². The number of imidazole rings is 1. The number of aryl methyl sites for hydroxylation is 4. The highest BCUT2D eigenvalue weighted by atomic mass is 35.5. The van der Waals surface area contributed by atoms with Gasteiger partial charge in [0.1, 0.15) is 11.6 Å². The lowest BCUT2D eigenvalue weighted by Crippen LogP contribution is -2.25. The minimum atomic E-state index is 0. The fraction of sp³-hybridized carbons (Fsp3) is 0.333. The Bertz CT molecular complexity index is 1360. The second-order valence-electron chi connectivity index (χ2n) is 9.47. The summed E-state index contributed by atoms with van der Waals surface area (Å²) in [5.74, 6) is 2.20. The van der Waals surface area contributed by atoms with Crippen molar-refractivity contribution >= 4 is 35.0 Å². The Balaban J connectivity index is 0.00000304. The molecular weight excluding hydrogens is 470 g/mol. The maximum Gasteiger partial charge on any atom is 0.227 e. The summed E-state index contributed by atoms with van der Waals surface area (Å²) in [5.41, 5.74) is 6.70. The smallest absolute Gasteiger partial charge is 0.227 e. The van der Waals surface area contributed by atoms with Crippen molar-refractivity contribution in [3.63, 3.8) is 0 Å². The molecule has 1 fully saturated rings. The van der Waals surface area contributed by atoms with E-state index < -0.39 is 0 Å². The Morgan fingerprint density at radius 1 is 1.03 bits per heavy atom. The van der Waals surface area contributed by atoms with Gasteiger partial charge in [-0.3, -0.25) is 4.79 Å². The summed E-state index contributed by atoms with van der Waals surface area (Å²) < 4.78 is 8.42. The topological polar surface area (TPSA) is 47.4 Å². The molecule has 36 heavy (non-hydrogen) atoms. The van der Waals surface area contributed by atoms with Crippen molar-refractivity contribution in [1.29, 1.82) is 0 Å². The van der Waals surface area contributed by atoms with Gasteiger partial charge in [0.05, 0.1) is 17.6 Å². The summed E-state index contributed by atoms with van der Waals surface area (Å²) in [4.78, 5) is 20.1. The van der Waals surface area contributed by atoms with Crippen molar-refractivity contribution < 1.29 is 9.53 Å². The first-order valence-electron chi connectivity index (χ1n) is 12.6. The van der Waals surface area contributed by atoms with Crippen molar-refractivity contribution in [3.8, 4) is 5.75 Å². The molecule has 2 heterocycles. The number of benzene rings is 3. The number of aromatic nitrogens is 2. The zero-order valence-electron chi connectivity index (χ0n) is 21.2. The number of rotatable bonds is 8. The first-order chi connectivity index (χ1) is 17.0. The standard InChI is InChI=1S/C30H33N3O2.ClH/c1-4-23-10-5-7-12-26(23)33-20-24(19-29(33)34)30-31-25-11-6-8-13-27(25)32(30)16-9-17-35-28-18-21(2)14-15-22(28)3;/h5-8,10-15,18,24H,4,9,16-17,19-20H2,1-3H3;1H. The third-order valence-electron chi connectivity index (χ3n) is 6.96. The van der Waals surface area contributed by atoms with Crippen LogP contribution in [0.1, 0.15) is 48.2 Å². The van der Waals surface area contributed by atoms with Crippen LogP contribution < -0.4 is 9.64 Å². The lowest BCUT2D eigenvalue weighted by Gasteiger charge is -2.20. The summed E-state index contributed by atoms with van der Waals surface area (Å²) in [5, 5.41) is 0. The zero-order valence-corrected chi connectivity index (χ0v) is 22.1. The number of hydrogen-bond acceptors (Lipinski definition) is 3. The van der Waals surface area contributed by atoms with Crippen LogP contribution in [0.4, 0.5) is 5.69 Å². The average Bonchev–Trinajstić information content (AvgIpc) is 3.44. The average molecular weight is 504 g/mol. The molecule has 5 rings (SSSR count). The van der Waals surface area contributed by atoms with Gasteiger partial charge in [0.2, 0.25) is 5.91 Å². The third kappa shape index (κ3) is 5.12. The van der Waals surface area contributed by atoms with Crippen LogP contribution in [0.3, 0.4) is 0 Å². The SMILES string of the molecule is CCc1ccccc1N1CC(c2nc3ccccc3n2CCCOc2cc(C)ccc2C)CC1=O.Cl. The highest BCUT2D eigenvalue weighted by molar-refractivity contribution is 5.97. The van der Waals surface area contributed by atoms with Gasteiger partial charge < -0.3 is 14.2 Å². The lowest BCUT2D eigenvalue weighted by atomic mass is 10.1. The van der Waals surface area contributed by atoms with Crippen LogP contribution in [0.5, 0.6) is 5.75 Å². The molecule has 0 radical (unpaired) electrons. The van der Waals surface area contributed by atoms with Crippen LogP contribution in [0.25, 0.3) is 11.0 Å². The highest BCUT2D eigenvalue weighted by Gasteiger charge is 2.35. The first-order valence-corrected chi connectivity index (χ1v) is 12.6. The zero-order chi connectivity index (χ0) is 24.4. The van der Waals surface area contributed by atoms with Crippen molar-refractivity contribution in [2.45, 2.75) is 52.5 Å². The van der Waals surface area contributed by atoms with Crippen molar-refractivity contribution in [1.82, 2.24) is 9.55 Å². The normalized spacial score (nSPS) is 15.4. The molecule has 1 amide bonds. The van der Waals surface area contributed by atoms with Gasteiger partial charge in [0.15, 0.2) is 0 Å². The minimum Gasteiger partial charge on any atom is -0.493 e. The van der Waals surface area contributed by atoms with Crippen LogP contribution in [0.15, 0.2) is 66.7 Å². The molecule has 0 saturated carbocycles. The van der Waals surface area contributed by atoms with Gasteiger partial charge in [-0.15, -0.1) is 12.4 Å². The summed E-state index contributed by atoms with van der Waals surface area (Å²) in [7, 11) is 0. The number of carbonyl (C=O) groups excluding carboxylic acids is 1. The Labute approximate surface area is 219 Å². The van der Waals surface area contributed by atoms with Gasteiger partial charge >= 0.3 is 0 Å². The number of amides is 1. The monoisotopic (exact) mass is 503 g/mol. The molecule has 188 valence electrons. The molecule has 4 aromatic rings. The van der Waals surface area contributed by atoms with E-state index in [9.17, 15) is 4.79 Å².